The van der Waals surface area contributed by atoms with Crippen LogP contribution >= 0.6 is 0 Å². The molecule has 0 heterocycles. The first-order valence-electron chi connectivity index (χ1n) is 10.5. The average molecular weight is 413 g/mol. The molecule has 1 unspecified atom stereocenters. The Balaban J connectivity index is 1.32. The van der Waals surface area contributed by atoms with Gasteiger partial charge in [0, 0.05) is 13.0 Å². The van der Waals surface area contributed by atoms with Crippen molar-refractivity contribution in [1.29, 1.82) is 0 Å². The summed E-state index contributed by atoms with van der Waals surface area (Å²) in [6.45, 7) is 0.0968. The van der Waals surface area contributed by atoms with Crippen LogP contribution < -0.4 is 10.0 Å². The molecule has 0 radical (unpaired) electrons. The summed E-state index contributed by atoms with van der Waals surface area (Å²) in [7, 11) is -3.60. The summed E-state index contributed by atoms with van der Waals surface area (Å²) in [6, 6.07) is 13.6. The molecular weight excluding hydrogens is 384 g/mol. The molecule has 0 aromatic heterocycles. The lowest BCUT2D eigenvalue weighted by molar-refractivity contribution is -0.121. The van der Waals surface area contributed by atoms with Crippen molar-refractivity contribution < 1.29 is 13.2 Å². The van der Waals surface area contributed by atoms with E-state index in [9.17, 15) is 13.2 Å². The molecule has 0 saturated carbocycles. The van der Waals surface area contributed by atoms with Crippen molar-refractivity contribution in [3.8, 4) is 0 Å². The van der Waals surface area contributed by atoms with E-state index in [0.29, 0.717) is 4.90 Å². The van der Waals surface area contributed by atoms with Gasteiger partial charge in [0.25, 0.3) is 0 Å². The lowest BCUT2D eigenvalue weighted by Crippen LogP contribution is -2.34. The van der Waals surface area contributed by atoms with E-state index in [0.717, 1.165) is 50.5 Å². The number of hydrogen-bond acceptors (Lipinski definition) is 3. The molecule has 2 aromatic rings. The maximum atomic E-state index is 12.6. The van der Waals surface area contributed by atoms with E-state index in [1.54, 1.807) is 12.1 Å². The SMILES string of the molecule is O=C(CCNS(=O)(=O)c1ccc2c(c1)CCCC2)NC1CCCc2ccccc21. The summed E-state index contributed by atoms with van der Waals surface area (Å²) in [5, 5.41) is 3.07. The Bertz CT molecular complexity index is 1000. The molecule has 4 rings (SSSR count). The van der Waals surface area contributed by atoms with Gasteiger partial charge in [-0.15, -0.1) is 0 Å². The van der Waals surface area contributed by atoms with Crippen LogP contribution in [0.4, 0.5) is 0 Å². The Hall–Kier alpha value is -2.18. The minimum Gasteiger partial charge on any atom is -0.349 e. The lowest BCUT2D eigenvalue weighted by Gasteiger charge is -2.26. The van der Waals surface area contributed by atoms with Crippen molar-refractivity contribution in [2.24, 2.45) is 0 Å². The fraction of sp³-hybridized carbons (Fsp3) is 0.435. The normalized spacial score (nSPS) is 18.6. The van der Waals surface area contributed by atoms with E-state index in [4.69, 9.17) is 0 Å². The Kier molecular flexibility index (Phi) is 6.01. The van der Waals surface area contributed by atoms with Crippen LogP contribution in [-0.2, 0) is 34.1 Å². The quantitative estimate of drug-likeness (QED) is 0.763. The van der Waals surface area contributed by atoms with Crippen molar-refractivity contribution in [3.05, 3.63) is 64.7 Å². The minimum absolute atomic E-state index is 0.0182. The van der Waals surface area contributed by atoms with Crippen molar-refractivity contribution in [2.45, 2.75) is 62.3 Å². The predicted molar refractivity (Wildman–Crippen MR) is 113 cm³/mol. The lowest BCUT2D eigenvalue weighted by atomic mass is 9.88. The zero-order valence-corrected chi connectivity index (χ0v) is 17.4. The van der Waals surface area contributed by atoms with Crippen LogP contribution in [0.5, 0.6) is 0 Å². The van der Waals surface area contributed by atoms with Gasteiger partial charge in [-0.25, -0.2) is 13.1 Å². The van der Waals surface area contributed by atoms with E-state index in [-0.39, 0.29) is 24.9 Å². The topological polar surface area (TPSA) is 75.3 Å². The molecular formula is C23H28N2O3S. The predicted octanol–water partition coefficient (Wildman–Crippen LogP) is 3.43. The third-order valence-corrected chi connectivity index (χ3v) is 7.44. The molecule has 2 aliphatic rings. The van der Waals surface area contributed by atoms with Crippen LogP contribution in [0.15, 0.2) is 47.4 Å². The van der Waals surface area contributed by atoms with Gasteiger partial charge < -0.3 is 5.32 Å². The summed E-state index contributed by atoms with van der Waals surface area (Å²) in [5.74, 6) is -0.125. The molecule has 0 bridgehead atoms. The highest BCUT2D eigenvalue weighted by Gasteiger charge is 2.22. The van der Waals surface area contributed by atoms with Crippen LogP contribution in [-0.4, -0.2) is 20.9 Å². The number of fused-ring (bicyclic) bond motifs is 2. The fourth-order valence-electron chi connectivity index (χ4n) is 4.43. The Labute approximate surface area is 173 Å². The van der Waals surface area contributed by atoms with E-state index in [1.165, 1.54) is 16.7 Å². The highest BCUT2D eigenvalue weighted by molar-refractivity contribution is 7.89. The third-order valence-electron chi connectivity index (χ3n) is 5.98. The van der Waals surface area contributed by atoms with Crippen LogP contribution in [0.2, 0.25) is 0 Å². The molecule has 2 aromatic carbocycles. The van der Waals surface area contributed by atoms with Crippen LogP contribution in [0.3, 0.4) is 0 Å². The van der Waals surface area contributed by atoms with Crippen LogP contribution in [0.1, 0.15) is 60.4 Å². The van der Waals surface area contributed by atoms with E-state index in [1.807, 2.05) is 18.2 Å². The molecule has 5 nitrogen and oxygen atoms in total. The summed E-state index contributed by atoms with van der Waals surface area (Å²) in [6.07, 6.45) is 7.37. The van der Waals surface area contributed by atoms with E-state index < -0.39 is 10.0 Å². The molecule has 0 spiro atoms. The second-order valence-corrected chi connectivity index (χ2v) is 9.76. The summed E-state index contributed by atoms with van der Waals surface area (Å²) in [5.41, 5.74) is 4.86. The molecule has 154 valence electrons. The second-order valence-electron chi connectivity index (χ2n) is 8.00. The molecule has 29 heavy (non-hydrogen) atoms. The van der Waals surface area contributed by atoms with Gasteiger partial charge in [0.15, 0.2) is 0 Å². The van der Waals surface area contributed by atoms with Crippen molar-refractivity contribution >= 4 is 15.9 Å². The van der Waals surface area contributed by atoms with Crippen LogP contribution in [0.25, 0.3) is 0 Å². The largest absolute Gasteiger partial charge is 0.349 e. The van der Waals surface area contributed by atoms with Gasteiger partial charge in [0.1, 0.15) is 0 Å². The number of sulfonamides is 1. The number of carbonyl (C=O) groups excluding carboxylic acids is 1. The van der Waals surface area contributed by atoms with Gasteiger partial charge in [0.05, 0.1) is 10.9 Å². The molecule has 1 amide bonds. The maximum absolute atomic E-state index is 12.6. The highest BCUT2D eigenvalue weighted by Crippen LogP contribution is 2.29. The summed E-state index contributed by atoms with van der Waals surface area (Å²) in [4.78, 5) is 12.7. The van der Waals surface area contributed by atoms with Gasteiger partial charge >= 0.3 is 0 Å². The van der Waals surface area contributed by atoms with Crippen molar-refractivity contribution in [3.63, 3.8) is 0 Å². The number of hydrogen-bond donors (Lipinski definition) is 2. The molecule has 0 saturated heterocycles. The number of amides is 1. The van der Waals surface area contributed by atoms with Crippen molar-refractivity contribution in [2.75, 3.05) is 6.54 Å². The summed E-state index contributed by atoms with van der Waals surface area (Å²) >= 11 is 0. The van der Waals surface area contributed by atoms with E-state index in [2.05, 4.69) is 22.2 Å². The third kappa shape index (κ3) is 4.70. The van der Waals surface area contributed by atoms with Gasteiger partial charge in [-0.3, -0.25) is 4.79 Å². The first kappa shape index (κ1) is 20.1. The molecule has 2 aliphatic carbocycles. The smallest absolute Gasteiger partial charge is 0.240 e. The Morgan fingerprint density at radius 1 is 0.931 bits per heavy atom. The number of aryl methyl sites for hydroxylation is 3. The van der Waals surface area contributed by atoms with E-state index >= 15 is 0 Å². The molecule has 0 aliphatic heterocycles. The zero-order valence-electron chi connectivity index (χ0n) is 16.6. The van der Waals surface area contributed by atoms with Gasteiger partial charge in [0.2, 0.25) is 15.9 Å². The Morgan fingerprint density at radius 2 is 1.69 bits per heavy atom. The number of rotatable bonds is 6. The van der Waals surface area contributed by atoms with Crippen LogP contribution in [0, 0.1) is 0 Å². The molecule has 2 N–H and O–H groups in total. The number of nitrogens with one attached hydrogen (secondary N) is 2. The average Bonchev–Trinajstić information content (AvgIpc) is 2.73. The maximum Gasteiger partial charge on any atom is 0.240 e. The highest BCUT2D eigenvalue weighted by atomic mass is 32.2. The standard InChI is InChI=1S/C23H28N2O3S/c26-23(25-22-11-5-9-18-7-3-4-10-21(18)22)14-15-24-29(27,28)20-13-12-17-6-1-2-8-19(17)16-20/h3-4,7,10,12-13,16,22,24H,1-2,5-6,8-9,11,14-15H2,(H,25,26). The van der Waals surface area contributed by atoms with Crippen molar-refractivity contribution in [1.82, 2.24) is 10.0 Å². The molecule has 6 heteroatoms. The van der Waals surface area contributed by atoms with Gasteiger partial charge in [-0.05, 0) is 79.3 Å². The number of carbonyl (C=O) groups is 1. The first-order chi connectivity index (χ1) is 14.0. The monoisotopic (exact) mass is 412 g/mol. The Morgan fingerprint density at radius 3 is 2.55 bits per heavy atom. The molecule has 1 atom stereocenters. The summed E-state index contributed by atoms with van der Waals surface area (Å²) < 4.78 is 27.8. The number of benzene rings is 2. The fourth-order valence-corrected chi connectivity index (χ4v) is 5.51. The molecule has 0 fully saturated rings. The zero-order chi connectivity index (χ0) is 20.3. The van der Waals surface area contributed by atoms with Gasteiger partial charge in [-0.1, -0.05) is 30.3 Å². The second kappa shape index (κ2) is 8.67. The first-order valence-corrected chi connectivity index (χ1v) is 12.0. The van der Waals surface area contributed by atoms with Gasteiger partial charge in [-0.2, -0.15) is 0 Å². The minimum atomic E-state index is -3.60.